The minimum Gasteiger partial charge on any atom is -0.326 e. The fourth-order valence-electron chi connectivity index (χ4n) is 2.87. The van der Waals surface area contributed by atoms with Gasteiger partial charge in [0.05, 0.1) is 6.61 Å². The Hall–Kier alpha value is -1.31. The zero-order valence-corrected chi connectivity index (χ0v) is 18.5. The van der Waals surface area contributed by atoms with Crippen LogP contribution in [0.25, 0.3) is 0 Å². The van der Waals surface area contributed by atoms with E-state index in [-0.39, 0.29) is 29.4 Å². The van der Waals surface area contributed by atoms with Crippen molar-refractivity contribution in [1.29, 1.82) is 0 Å². The fourth-order valence-corrected chi connectivity index (χ4v) is 4.14. The Morgan fingerprint density at radius 1 is 0.967 bits per heavy atom. The summed E-state index contributed by atoms with van der Waals surface area (Å²) in [5.74, 6) is -0.441. The second kappa shape index (κ2) is 13.9. The highest BCUT2D eigenvalue weighted by Crippen LogP contribution is 2.26. The molecular weight excluding hydrogens is 434 g/mol. The Labute approximate surface area is 180 Å². The van der Waals surface area contributed by atoms with Crippen molar-refractivity contribution >= 4 is 20.0 Å². The normalized spacial score (nSPS) is 12.3. The zero-order chi connectivity index (χ0) is 21.8. The van der Waals surface area contributed by atoms with E-state index >= 15 is 0 Å². The van der Waals surface area contributed by atoms with Gasteiger partial charge in [0.2, 0.25) is 0 Å². The summed E-state index contributed by atoms with van der Waals surface area (Å²) < 4.78 is 57.0. The highest BCUT2D eigenvalue weighted by molar-refractivity contribution is 7.99. The lowest BCUT2D eigenvalue weighted by Gasteiger charge is -2.09. The lowest BCUT2D eigenvalue weighted by Crippen LogP contribution is -2.17. The highest BCUT2D eigenvalue weighted by atomic mass is 32.2. The van der Waals surface area contributed by atoms with Gasteiger partial charge < -0.3 is 14.7 Å². The predicted molar refractivity (Wildman–Crippen MR) is 115 cm³/mol. The van der Waals surface area contributed by atoms with Gasteiger partial charge in [0.15, 0.2) is 0 Å². The summed E-state index contributed by atoms with van der Waals surface area (Å²) in [5.41, 5.74) is 0.942. The van der Waals surface area contributed by atoms with Gasteiger partial charge in [0.25, 0.3) is 0 Å². The molecule has 2 aromatic carbocycles. The Morgan fingerprint density at radius 2 is 1.77 bits per heavy atom. The van der Waals surface area contributed by atoms with Crippen LogP contribution in [0.4, 0.5) is 13.2 Å². The zero-order valence-electron chi connectivity index (χ0n) is 16.6. The summed E-state index contributed by atoms with van der Waals surface area (Å²) in [6.45, 7) is 0.756. The Morgan fingerprint density at radius 3 is 2.53 bits per heavy atom. The molecular formula is C21H27F3NO3PS. The summed E-state index contributed by atoms with van der Waals surface area (Å²) in [6, 6.07) is 9.15. The van der Waals surface area contributed by atoms with E-state index in [4.69, 9.17) is 4.89 Å². The molecule has 2 rings (SSSR count). The fraction of sp³-hybridized carbons (Fsp3) is 0.429. The first-order chi connectivity index (χ1) is 14.5. The van der Waals surface area contributed by atoms with Crippen LogP contribution in [0.3, 0.4) is 0 Å². The molecule has 0 aliphatic heterocycles. The number of aryl methyl sites for hydroxylation is 1. The van der Waals surface area contributed by atoms with E-state index in [1.807, 2.05) is 6.07 Å². The molecule has 166 valence electrons. The van der Waals surface area contributed by atoms with Crippen molar-refractivity contribution in [1.82, 2.24) is 5.32 Å². The van der Waals surface area contributed by atoms with Crippen molar-refractivity contribution in [2.45, 2.75) is 43.5 Å². The van der Waals surface area contributed by atoms with Crippen molar-refractivity contribution in [3.63, 3.8) is 0 Å². The van der Waals surface area contributed by atoms with Crippen LogP contribution in [0, 0.1) is 17.5 Å². The molecule has 9 heteroatoms. The predicted octanol–water partition coefficient (Wildman–Crippen LogP) is 5.49. The van der Waals surface area contributed by atoms with Gasteiger partial charge in [-0.05, 0) is 61.7 Å². The van der Waals surface area contributed by atoms with Crippen LogP contribution in [0.2, 0.25) is 0 Å². The summed E-state index contributed by atoms with van der Waals surface area (Å²) in [6.07, 6.45) is 3.75. The molecule has 0 fully saturated rings. The lowest BCUT2D eigenvalue weighted by molar-refractivity contribution is 0.276. The largest absolute Gasteiger partial charge is 0.326 e. The van der Waals surface area contributed by atoms with Crippen LogP contribution in [0.1, 0.15) is 36.8 Å². The molecule has 1 atom stereocenters. The van der Waals surface area contributed by atoms with Crippen LogP contribution in [-0.2, 0) is 22.1 Å². The third kappa shape index (κ3) is 9.23. The van der Waals surface area contributed by atoms with Crippen LogP contribution in [-0.4, -0.2) is 23.8 Å². The van der Waals surface area contributed by atoms with Gasteiger partial charge in [-0.3, -0.25) is 4.57 Å². The number of benzene rings is 2. The van der Waals surface area contributed by atoms with Crippen LogP contribution >= 0.6 is 20.0 Å². The first-order valence-corrected chi connectivity index (χ1v) is 12.1. The van der Waals surface area contributed by atoms with E-state index in [0.29, 0.717) is 30.7 Å². The molecule has 30 heavy (non-hydrogen) atoms. The molecule has 2 aromatic rings. The number of nitrogens with one attached hydrogen (secondary N) is 1. The van der Waals surface area contributed by atoms with Crippen LogP contribution in [0.5, 0.6) is 0 Å². The van der Waals surface area contributed by atoms with E-state index in [0.717, 1.165) is 19.3 Å². The van der Waals surface area contributed by atoms with E-state index in [9.17, 15) is 17.7 Å². The number of halogens is 3. The maximum atomic E-state index is 14.3. The molecule has 0 heterocycles. The number of thioether (sulfide) groups is 1. The molecule has 0 aromatic heterocycles. The first-order valence-electron chi connectivity index (χ1n) is 9.88. The van der Waals surface area contributed by atoms with Gasteiger partial charge in [0.1, 0.15) is 17.5 Å². The molecule has 0 saturated carbocycles. The second-order valence-corrected chi connectivity index (χ2v) is 8.73. The van der Waals surface area contributed by atoms with Gasteiger partial charge in [-0.25, -0.2) is 13.2 Å². The quantitative estimate of drug-likeness (QED) is 0.221. The van der Waals surface area contributed by atoms with E-state index in [1.54, 1.807) is 12.1 Å². The average molecular weight is 461 g/mol. The number of rotatable bonds is 14. The van der Waals surface area contributed by atoms with Crippen molar-refractivity contribution in [3.05, 3.63) is 65.0 Å². The smallest absolute Gasteiger partial charge is 0.316 e. The van der Waals surface area contributed by atoms with Gasteiger partial charge in [0, 0.05) is 17.0 Å². The summed E-state index contributed by atoms with van der Waals surface area (Å²) >= 11 is 1.28. The van der Waals surface area contributed by atoms with E-state index < -0.39 is 19.9 Å². The molecule has 0 bridgehead atoms. The minimum absolute atomic E-state index is 0.133. The minimum atomic E-state index is -2.92. The SMILES string of the molecule is O=[PH](O)OCCCNCc1cc(F)c(SCCCCCc2ccccc2F)cc1F. The van der Waals surface area contributed by atoms with Crippen molar-refractivity contribution < 1.29 is 27.2 Å². The monoisotopic (exact) mass is 461 g/mol. The molecule has 0 amide bonds. The van der Waals surface area contributed by atoms with Crippen LogP contribution in [0.15, 0.2) is 41.3 Å². The second-order valence-electron chi connectivity index (χ2n) is 6.77. The molecule has 0 aliphatic carbocycles. The van der Waals surface area contributed by atoms with Crippen molar-refractivity contribution in [2.24, 2.45) is 0 Å². The molecule has 0 aliphatic rings. The van der Waals surface area contributed by atoms with Gasteiger partial charge >= 0.3 is 8.25 Å². The van der Waals surface area contributed by atoms with Gasteiger partial charge in [-0.2, -0.15) is 0 Å². The Bertz CT molecular complexity index is 826. The molecule has 0 spiro atoms. The average Bonchev–Trinajstić information content (AvgIpc) is 2.71. The number of hydrogen-bond donors (Lipinski definition) is 2. The summed E-state index contributed by atoms with van der Waals surface area (Å²) in [4.78, 5) is 8.82. The highest BCUT2D eigenvalue weighted by Gasteiger charge is 2.10. The third-order valence-corrected chi connectivity index (χ3v) is 6.01. The molecule has 1 unspecified atom stereocenters. The molecule has 2 N–H and O–H groups in total. The molecule has 4 nitrogen and oxygen atoms in total. The topological polar surface area (TPSA) is 58.6 Å². The Kier molecular flexibility index (Phi) is 11.6. The van der Waals surface area contributed by atoms with E-state index in [2.05, 4.69) is 9.84 Å². The number of unbranched alkanes of at least 4 members (excludes halogenated alkanes) is 2. The lowest BCUT2D eigenvalue weighted by atomic mass is 10.1. The van der Waals surface area contributed by atoms with E-state index in [1.165, 1.54) is 30.0 Å². The Balaban J connectivity index is 1.66. The van der Waals surface area contributed by atoms with Crippen molar-refractivity contribution in [2.75, 3.05) is 18.9 Å². The third-order valence-electron chi connectivity index (χ3n) is 4.45. The van der Waals surface area contributed by atoms with Gasteiger partial charge in [-0.15, -0.1) is 11.8 Å². The molecule has 0 saturated heterocycles. The summed E-state index contributed by atoms with van der Waals surface area (Å²) in [5, 5.41) is 2.95. The maximum absolute atomic E-state index is 14.3. The van der Waals surface area contributed by atoms with Crippen molar-refractivity contribution in [3.8, 4) is 0 Å². The van der Waals surface area contributed by atoms with Gasteiger partial charge in [-0.1, -0.05) is 24.6 Å². The number of hydrogen-bond acceptors (Lipinski definition) is 4. The first kappa shape index (κ1) is 25.0. The molecule has 0 radical (unpaired) electrons. The maximum Gasteiger partial charge on any atom is 0.316 e. The standard InChI is InChI=1S/C21H27F3NO3PS/c22-18-9-4-3-8-16(18)7-2-1-5-12-30-21-14-19(23)17(13-20(21)24)15-25-10-6-11-28-29(26)27/h3-4,8-9,13-14,25,29H,1-2,5-7,10-12,15H2,(H,26,27). The summed E-state index contributed by atoms with van der Waals surface area (Å²) in [7, 11) is -2.92. The van der Waals surface area contributed by atoms with Crippen LogP contribution < -0.4 is 5.32 Å².